The Morgan fingerprint density at radius 1 is 1.20 bits per heavy atom. The first kappa shape index (κ1) is 14.6. The molecule has 0 atom stereocenters. The number of hydrogen-bond donors (Lipinski definition) is 2. The summed E-state index contributed by atoms with van der Waals surface area (Å²) in [5, 5.41) is 5.37. The Morgan fingerprint density at radius 3 is 2.70 bits per heavy atom. The van der Waals surface area contributed by atoms with Crippen LogP contribution in [0.4, 0.5) is 0 Å². The molecule has 5 nitrogen and oxygen atoms in total. The summed E-state index contributed by atoms with van der Waals surface area (Å²) in [5.41, 5.74) is 0. The van der Waals surface area contributed by atoms with Crippen molar-refractivity contribution in [1.82, 2.24) is 10.6 Å². The maximum absolute atomic E-state index is 11.6. The predicted molar refractivity (Wildman–Crippen MR) is 75.2 cm³/mol. The van der Waals surface area contributed by atoms with Crippen LogP contribution < -0.4 is 10.6 Å². The van der Waals surface area contributed by atoms with Gasteiger partial charge in [-0.25, -0.2) is 0 Å². The lowest BCUT2D eigenvalue weighted by atomic mass is 9.87. The molecule has 0 bridgehead atoms. The van der Waals surface area contributed by atoms with Gasteiger partial charge in [-0.2, -0.15) is 0 Å². The zero-order valence-corrected chi connectivity index (χ0v) is 11.7. The van der Waals surface area contributed by atoms with Crippen LogP contribution in [0.5, 0.6) is 0 Å². The Labute approximate surface area is 119 Å². The lowest BCUT2D eigenvalue weighted by Crippen LogP contribution is -2.37. The molecule has 20 heavy (non-hydrogen) atoms. The molecule has 0 radical (unpaired) electrons. The Kier molecular flexibility index (Phi) is 5.65. The van der Waals surface area contributed by atoms with E-state index in [1.165, 1.54) is 38.4 Å². The minimum Gasteiger partial charge on any atom is -0.459 e. The van der Waals surface area contributed by atoms with Gasteiger partial charge >= 0.3 is 0 Å². The smallest absolute Gasteiger partial charge is 0.287 e. The molecule has 0 spiro atoms. The number of nitrogens with one attached hydrogen (secondary N) is 2. The van der Waals surface area contributed by atoms with Crippen LogP contribution in [0.15, 0.2) is 22.8 Å². The lowest BCUT2D eigenvalue weighted by Gasteiger charge is -2.21. The van der Waals surface area contributed by atoms with Gasteiger partial charge in [0.05, 0.1) is 12.8 Å². The normalized spacial score (nSPS) is 15.8. The van der Waals surface area contributed by atoms with Crippen LogP contribution in [-0.2, 0) is 4.79 Å². The molecular weight excluding hydrogens is 256 g/mol. The number of hydrogen-bond acceptors (Lipinski definition) is 3. The van der Waals surface area contributed by atoms with Crippen molar-refractivity contribution in [3.63, 3.8) is 0 Å². The molecule has 1 heterocycles. The fourth-order valence-corrected chi connectivity index (χ4v) is 2.61. The monoisotopic (exact) mass is 278 g/mol. The molecule has 1 aromatic heterocycles. The minimum atomic E-state index is -0.363. The zero-order chi connectivity index (χ0) is 14.2. The largest absolute Gasteiger partial charge is 0.459 e. The van der Waals surface area contributed by atoms with Gasteiger partial charge in [0.25, 0.3) is 5.91 Å². The Hall–Kier alpha value is -1.78. The third kappa shape index (κ3) is 4.72. The van der Waals surface area contributed by atoms with E-state index >= 15 is 0 Å². The molecule has 0 saturated heterocycles. The van der Waals surface area contributed by atoms with Crippen LogP contribution in [0.3, 0.4) is 0 Å². The van der Waals surface area contributed by atoms with E-state index in [0.717, 1.165) is 12.3 Å². The number of furan rings is 1. The Balaban J connectivity index is 1.57. The van der Waals surface area contributed by atoms with Crippen LogP contribution in [0, 0.1) is 5.92 Å². The summed E-state index contributed by atoms with van der Waals surface area (Å²) in [7, 11) is 0. The van der Waals surface area contributed by atoms with Crippen LogP contribution in [0.2, 0.25) is 0 Å². The molecule has 1 aromatic rings. The Bertz CT molecular complexity index is 422. The number of rotatable bonds is 6. The fraction of sp³-hybridized carbons (Fsp3) is 0.600. The summed E-state index contributed by atoms with van der Waals surface area (Å²) in [6.07, 6.45) is 9.02. The van der Waals surface area contributed by atoms with Crippen LogP contribution in [0.25, 0.3) is 0 Å². The first-order chi connectivity index (χ1) is 9.75. The lowest BCUT2D eigenvalue weighted by molar-refractivity contribution is -0.120. The molecule has 0 unspecified atom stereocenters. The van der Waals surface area contributed by atoms with E-state index in [0.29, 0.717) is 6.54 Å². The molecule has 0 aliphatic heterocycles. The summed E-state index contributed by atoms with van der Waals surface area (Å²) in [6.45, 7) is 0.685. The molecule has 2 N–H and O–H groups in total. The molecule has 110 valence electrons. The summed E-state index contributed by atoms with van der Waals surface area (Å²) in [4.78, 5) is 23.1. The number of carbonyl (C=O) groups is 2. The fourth-order valence-electron chi connectivity index (χ4n) is 2.61. The van der Waals surface area contributed by atoms with E-state index in [1.54, 1.807) is 12.1 Å². The van der Waals surface area contributed by atoms with Crippen LogP contribution >= 0.6 is 0 Å². The second-order valence-corrected chi connectivity index (χ2v) is 5.30. The average molecular weight is 278 g/mol. The van der Waals surface area contributed by atoms with E-state index < -0.39 is 0 Å². The van der Waals surface area contributed by atoms with Crippen molar-refractivity contribution in [2.24, 2.45) is 5.92 Å². The van der Waals surface area contributed by atoms with Gasteiger partial charge in [-0.05, 0) is 24.5 Å². The highest BCUT2D eigenvalue weighted by Gasteiger charge is 2.14. The van der Waals surface area contributed by atoms with E-state index in [4.69, 9.17) is 4.42 Å². The van der Waals surface area contributed by atoms with Crippen molar-refractivity contribution in [1.29, 1.82) is 0 Å². The maximum Gasteiger partial charge on any atom is 0.287 e. The Morgan fingerprint density at radius 2 is 2.00 bits per heavy atom. The second kappa shape index (κ2) is 7.72. The predicted octanol–water partition coefficient (Wildman–Crippen LogP) is 2.10. The van der Waals surface area contributed by atoms with E-state index in [-0.39, 0.29) is 24.1 Å². The molecule has 1 saturated carbocycles. The topological polar surface area (TPSA) is 71.3 Å². The summed E-state index contributed by atoms with van der Waals surface area (Å²) < 4.78 is 4.94. The molecular formula is C15H22N2O3. The van der Waals surface area contributed by atoms with E-state index in [9.17, 15) is 9.59 Å². The average Bonchev–Trinajstić information content (AvgIpc) is 3.00. The van der Waals surface area contributed by atoms with Crippen molar-refractivity contribution >= 4 is 11.8 Å². The second-order valence-electron chi connectivity index (χ2n) is 5.30. The first-order valence-electron chi connectivity index (χ1n) is 7.34. The first-order valence-corrected chi connectivity index (χ1v) is 7.34. The van der Waals surface area contributed by atoms with Gasteiger partial charge in [-0.1, -0.05) is 32.1 Å². The number of carbonyl (C=O) groups excluding carboxylic acids is 2. The van der Waals surface area contributed by atoms with Crippen LogP contribution in [0.1, 0.15) is 49.1 Å². The molecule has 1 aliphatic rings. The van der Waals surface area contributed by atoms with Gasteiger partial charge < -0.3 is 15.1 Å². The molecule has 2 amide bonds. The molecule has 5 heteroatoms. The quantitative estimate of drug-likeness (QED) is 0.837. The third-order valence-corrected chi connectivity index (χ3v) is 3.75. The van der Waals surface area contributed by atoms with Crippen molar-refractivity contribution in [2.45, 2.75) is 38.5 Å². The van der Waals surface area contributed by atoms with Gasteiger partial charge in [-0.3, -0.25) is 9.59 Å². The van der Waals surface area contributed by atoms with Gasteiger partial charge in [0.2, 0.25) is 5.91 Å². The van der Waals surface area contributed by atoms with Crippen molar-refractivity contribution < 1.29 is 14.0 Å². The van der Waals surface area contributed by atoms with E-state index in [2.05, 4.69) is 10.6 Å². The standard InChI is InChI=1S/C15H22N2O3/c18-14(11-17-15(19)13-7-4-10-20-13)16-9-8-12-5-2-1-3-6-12/h4,7,10,12H,1-3,5-6,8-9,11H2,(H,16,18)(H,17,19). The van der Waals surface area contributed by atoms with Gasteiger partial charge in [0.1, 0.15) is 0 Å². The zero-order valence-electron chi connectivity index (χ0n) is 11.7. The van der Waals surface area contributed by atoms with Gasteiger partial charge in [0.15, 0.2) is 5.76 Å². The third-order valence-electron chi connectivity index (χ3n) is 3.75. The van der Waals surface area contributed by atoms with Crippen molar-refractivity contribution in [3.05, 3.63) is 24.2 Å². The summed E-state index contributed by atoms with van der Waals surface area (Å²) in [6, 6.07) is 3.20. The SMILES string of the molecule is O=C(CNC(=O)c1ccco1)NCCC1CCCCC1. The molecule has 1 fully saturated rings. The van der Waals surface area contributed by atoms with Crippen molar-refractivity contribution in [2.75, 3.05) is 13.1 Å². The van der Waals surface area contributed by atoms with Gasteiger partial charge in [-0.15, -0.1) is 0 Å². The number of amides is 2. The highest BCUT2D eigenvalue weighted by atomic mass is 16.3. The summed E-state index contributed by atoms with van der Waals surface area (Å²) in [5.74, 6) is 0.458. The van der Waals surface area contributed by atoms with Crippen molar-refractivity contribution in [3.8, 4) is 0 Å². The molecule has 2 rings (SSSR count). The highest BCUT2D eigenvalue weighted by molar-refractivity contribution is 5.94. The molecule has 0 aromatic carbocycles. The van der Waals surface area contributed by atoms with E-state index in [1.807, 2.05) is 0 Å². The minimum absolute atomic E-state index is 0.00972. The molecule has 1 aliphatic carbocycles. The summed E-state index contributed by atoms with van der Waals surface area (Å²) >= 11 is 0. The van der Waals surface area contributed by atoms with Gasteiger partial charge in [0, 0.05) is 6.54 Å². The highest BCUT2D eigenvalue weighted by Crippen LogP contribution is 2.25. The maximum atomic E-state index is 11.6. The van der Waals surface area contributed by atoms with Crippen LogP contribution in [-0.4, -0.2) is 24.9 Å².